The molecule has 0 saturated carbocycles. The Morgan fingerprint density at radius 3 is 2.83 bits per heavy atom. The van der Waals surface area contributed by atoms with Gasteiger partial charge in [0.2, 0.25) is 5.91 Å². The molecule has 0 spiro atoms. The number of esters is 1. The van der Waals surface area contributed by atoms with Gasteiger partial charge in [0.1, 0.15) is 5.76 Å². The fourth-order valence-corrected chi connectivity index (χ4v) is 1.44. The van der Waals surface area contributed by atoms with Crippen LogP contribution in [0.25, 0.3) is 6.08 Å². The van der Waals surface area contributed by atoms with E-state index in [2.05, 4.69) is 26.0 Å². The van der Waals surface area contributed by atoms with Gasteiger partial charge >= 0.3 is 5.97 Å². The van der Waals surface area contributed by atoms with Crippen LogP contribution in [0.3, 0.4) is 0 Å². The fraction of sp³-hybridized carbons (Fsp3) is 0.273. The maximum Gasteiger partial charge on any atom is 0.330 e. The number of aliphatic hydroxyl groups excluding tert-OH is 1. The Labute approximate surface area is 112 Å². The molecular weight excluding hydrogens is 306 g/mol. The van der Waals surface area contributed by atoms with Crippen LogP contribution in [0.15, 0.2) is 27.3 Å². The number of nitrogens with one attached hydrogen (secondary N) is 1. The largest absolute Gasteiger partial charge is 0.467 e. The summed E-state index contributed by atoms with van der Waals surface area (Å²) in [5.74, 6) is -0.761. The highest BCUT2D eigenvalue weighted by atomic mass is 79.9. The summed E-state index contributed by atoms with van der Waals surface area (Å²) in [5, 5.41) is 11.2. The Balaban J connectivity index is 2.55. The molecule has 2 N–H and O–H groups in total. The predicted octanol–water partition coefficient (Wildman–Crippen LogP) is 0.705. The van der Waals surface area contributed by atoms with Crippen LogP contribution in [0, 0.1) is 0 Å². The van der Waals surface area contributed by atoms with Crippen molar-refractivity contribution in [2.75, 3.05) is 13.7 Å². The molecule has 1 rings (SSSR count). The van der Waals surface area contributed by atoms with E-state index in [4.69, 9.17) is 9.52 Å². The minimum absolute atomic E-state index is 0.482. The minimum atomic E-state index is -1.07. The Bertz CT molecular complexity index is 454. The van der Waals surface area contributed by atoms with E-state index < -0.39 is 24.5 Å². The summed E-state index contributed by atoms with van der Waals surface area (Å²) in [6.07, 6.45) is 2.63. The summed E-state index contributed by atoms with van der Waals surface area (Å²) in [6, 6.07) is 2.27. The number of aliphatic hydroxyl groups is 1. The highest BCUT2D eigenvalue weighted by molar-refractivity contribution is 9.10. The molecule has 1 unspecified atom stereocenters. The molecule has 1 aromatic rings. The first kappa shape index (κ1) is 14.5. The van der Waals surface area contributed by atoms with Crippen LogP contribution >= 0.6 is 15.9 Å². The second kappa shape index (κ2) is 6.97. The van der Waals surface area contributed by atoms with Gasteiger partial charge in [-0.25, -0.2) is 4.79 Å². The van der Waals surface area contributed by atoms with Crippen molar-refractivity contribution in [2.24, 2.45) is 0 Å². The maximum absolute atomic E-state index is 11.4. The van der Waals surface area contributed by atoms with Crippen molar-refractivity contribution >= 4 is 33.9 Å². The van der Waals surface area contributed by atoms with Crippen molar-refractivity contribution in [3.05, 3.63) is 28.6 Å². The zero-order chi connectivity index (χ0) is 13.5. The highest BCUT2D eigenvalue weighted by Crippen LogP contribution is 2.14. The van der Waals surface area contributed by atoms with E-state index in [0.29, 0.717) is 10.4 Å². The molecule has 1 aromatic heterocycles. The standard InChI is InChI=1S/C11H12BrNO5/c1-17-11(16)8(6-14)13-10(15)5-3-7-2-4-9(12)18-7/h2-5,8,14H,6H2,1H3,(H,13,15)/b5-3+. The second-order valence-electron chi connectivity index (χ2n) is 3.24. The van der Waals surface area contributed by atoms with Crippen LogP contribution < -0.4 is 5.32 Å². The maximum atomic E-state index is 11.4. The first-order chi connectivity index (χ1) is 8.56. The molecule has 0 bridgehead atoms. The number of hydrogen-bond acceptors (Lipinski definition) is 5. The van der Waals surface area contributed by atoms with Crippen LogP contribution in [0.5, 0.6) is 0 Å². The average Bonchev–Trinajstić information content (AvgIpc) is 2.78. The summed E-state index contributed by atoms with van der Waals surface area (Å²) < 4.78 is 10.1. The van der Waals surface area contributed by atoms with E-state index in [-0.39, 0.29) is 0 Å². The van der Waals surface area contributed by atoms with Crippen LogP contribution in [-0.2, 0) is 14.3 Å². The molecule has 0 saturated heterocycles. The number of amides is 1. The van der Waals surface area contributed by atoms with Gasteiger partial charge in [0.25, 0.3) is 0 Å². The molecule has 7 heteroatoms. The zero-order valence-corrected chi connectivity index (χ0v) is 11.1. The molecule has 1 amide bonds. The van der Waals surface area contributed by atoms with E-state index in [0.717, 1.165) is 0 Å². The normalized spacial score (nSPS) is 12.4. The number of halogens is 1. The van der Waals surface area contributed by atoms with Crippen molar-refractivity contribution < 1.29 is 23.8 Å². The summed E-state index contributed by atoms with van der Waals surface area (Å²) in [7, 11) is 1.17. The smallest absolute Gasteiger partial charge is 0.330 e. The Kier molecular flexibility index (Phi) is 5.60. The number of hydrogen-bond donors (Lipinski definition) is 2. The monoisotopic (exact) mass is 317 g/mol. The van der Waals surface area contributed by atoms with Crippen molar-refractivity contribution in [1.29, 1.82) is 0 Å². The van der Waals surface area contributed by atoms with Gasteiger partial charge < -0.3 is 19.6 Å². The lowest BCUT2D eigenvalue weighted by atomic mass is 10.3. The van der Waals surface area contributed by atoms with Gasteiger partial charge in [0.15, 0.2) is 10.7 Å². The van der Waals surface area contributed by atoms with Crippen LogP contribution in [0.4, 0.5) is 0 Å². The Morgan fingerprint density at radius 1 is 1.61 bits per heavy atom. The molecule has 1 atom stereocenters. The lowest BCUT2D eigenvalue weighted by Crippen LogP contribution is -2.43. The summed E-state index contributed by atoms with van der Waals surface area (Å²) in [5.41, 5.74) is 0. The second-order valence-corrected chi connectivity index (χ2v) is 4.02. The van der Waals surface area contributed by atoms with E-state index >= 15 is 0 Å². The molecule has 0 aliphatic rings. The highest BCUT2D eigenvalue weighted by Gasteiger charge is 2.19. The van der Waals surface area contributed by atoms with E-state index in [1.54, 1.807) is 12.1 Å². The average molecular weight is 318 g/mol. The Morgan fingerprint density at radius 2 is 2.33 bits per heavy atom. The first-order valence-electron chi connectivity index (χ1n) is 4.99. The van der Waals surface area contributed by atoms with Gasteiger partial charge in [-0.3, -0.25) is 4.79 Å². The van der Waals surface area contributed by atoms with E-state index in [1.807, 2.05) is 0 Å². The molecule has 0 radical (unpaired) electrons. The third-order valence-corrected chi connectivity index (χ3v) is 2.40. The van der Waals surface area contributed by atoms with Gasteiger partial charge in [-0.2, -0.15) is 0 Å². The zero-order valence-electron chi connectivity index (χ0n) is 9.55. The quantitative estimate of drug-likeness (QED) is 0.616. The number of furan rings is 1. The van der Waals surface area contributed by atoms with Crippen LogP contribution in [-0.4, -0.2) is 36.7 Å². The van der Waals surface area contributed by atoms with E-state index in [1.165, 1.54) is 19.3 Å². The third-order valence-electron chi connectivity index (χ3n) is 1.98. The lowest BCUT2D eigenvalue weighted by Gasteiger charge is -2.11. The number of carbonyl (C=O) groups is 2. The molecule has 0 aromatic carbocycles. The van der Waals surface area contributed by atoms with Crippen molar-refractivity contribution in [3.63, 3.8) is 0 Å². The Hall–Kier alpha value is -1.60. The van der Waals surface area contributed by atoms with Crippen LogP contribution in [0.1, 0.15) is 5.76 Å². The molecule has 0 aliphatic carbocycles. The van der Waals surface area contributed by atoms with Crippen molar-refractivity contribution in [3.8, 4) is 0 Å². The SMILES string of the molecule is COC(=O)C(CO)NC(=O)/C=C/c1ccc(Br)o1. The van der Waals surface area contributed by atoms with Gasteiger partial charge in [0.05, 0.1) is 13.7 Å². The summed E-state index contributed by atoms with van der Waals surface area (Å²) in [6.45, 7) is -0.529. The number of methoxy groups -OCH3 is 1. The van der Waals surface area contributed by atoms with Gasteiger partial charge in [-0.1, -0.05) is 0 Å². The topological polar surface area (TPSA) is 88.8 Å². The molecule has 18 heavy (non-hydrogen) atoms. The molecule has 98 valence electrons. The lowest BCUT2D eigenvalue weighted by molar-refractivity contribution is -0.145. The fourth-order valence-electron chi connectivity index (χ4n) is 1.12. The molecule has 0 fully saturated rings. The molecule has 1 heterocycles. The van der Waals surface area contributed by atoms with Gasteiger partial charge in [-0.15, -0.1) is 0 Å². The predicted molar refractivity (Wildman–Crippen MR) is 66.5 cm³/mol. The van der Waals surface area contributed by atoms with Gasteiger partial charge in [0, 0.05) is 6.08 Å². The third kappa shape index (κ3) is 4.34. The number of ether oxygens (including phenoxy) is 1. The number of carbonyl (C=O) groups excluding carboxylic acids is 2. The molecular formula is C11H12BrNO5. The summed E-state index contributed by atoms with van der Waals surface area (Å²) >= 11 is 3.12. The van der Waals surface area contributed by atoms with Crippen molar-refractivity contribution in [2.45, 2.75) is 6.04 Å². The van der Waals surface area contributed by atoms with Crippen LogP contribution in [0.2, 0.25) is 0 Å². The van der Waals surface area contributed by atoms with Gasteiger partial charge in [-0.05, 0) is 34.1 Å². The minimum Gasteiger partial charge on any atom is -0.467 e. The number of rotatable bonds is 5. The molecule has 0 aliphatic heterocycles. The summed E-state index contributed by atoms with van der Waals surface area (Å²) in [4.78, 5) is 22.6. The first-order valence-corrected chi connectivity index (χ1v) is 5.78. The van der Waals surface area contributed by atoms with Crippen molar-refractivity contribution in [1.82, 2.24) is 5.32 Å². The van der Waals surface area contributed by atoms with E-state index in [9.17, 15) is 9.59 Å². The molecule has 6 nitrogen and oxygen atoms in total.